The lowest BCUT2D eigenvalue weighted by atomic mass is 9.86. The number of methoxy groups -OCH3 is 1. The number of nitrogens with zero attached hydrogens (tertiary/aromatic N) is 2. The second kappa shape index (κ2) is 13.8. The fraction of sp³-hybridized carbons (Fsp3) is 0.267. The Morgan fingerprint density at radius 2 is 1.73 bits per heavy atom. The molecular weight excluding hydrogens is 584 g/mol. The number of thiazole rings is 1. The number of fused-ring (bicyclic) bond motifs is 2. The van der Waals surface area contributed by atoms with Gasteiger partial charge in [0.05, 0.1) is 23.4 Å². The van der Waals surface area contributed by atoms with E-state index in [9.17, 15) is 4.79 Å². The zero-order valence-electron chi connectivity index (χ0n) is 23.0. The second-order valence-corrected chi connectivity index (χ2v) is 12.0. The van der Waals surface area contributed by atoms with E-state index < -0.39 is 10.2 Å². The number of anilines is 1. The highest BCUT2D eigenvalue weighted by molar-refractivity contribution is 8.03. The SMILES string of the molecule is CCN1/C(=C/C=C2\CCCC(/C=C/c3sc4ccccc4[n+]3CC)=C2C(=O)OC)Sc2ccccc21.[O-][Cl+3]([O-])([O-])[O-]. The van der Waals surface area contributed by atoms with E-state index in [1.54, 1.807) is 23.1 Å². The number of aryl methyl sites for hydroxylation is 1. The summed E-state index contributed by atoms with van der Waals surface area (Å²) < 4.78 is 42.8. The highest BCUT2D eigenvalue weighted by Gasteiger charge is 2.25. The molecule has 41 heavy (non-hydrogen) atoms. The van der Waals surface area contributed by atoms with Crippen molar-refractivity contribution in [2.45, 2.75) is 44.6 Å². The molecule has 0 saturated carbocycles. The molecule has 0 amide bonds. The van der Waals surface area contributed by atoms with Gasteiger partial charge in [0, 0.05) is 23.6 Å². The summed E-state index contributed by atoms with van der Waals surface area (Å²) in [4.78, 5) is 16.6. The molecule has 2 heterocycles. The molecule has 0 bridgehead atoms. The highest BCUT2D eigenvalue weighted by Crippen LogP contribution is 2.45. The Morgan fingerprint density at radius 1 is 1.02 bits per heavy atom. The highest BCUT2D eigenvalue weighted by atomic mass is 35.7. The Hall–Kier alpha value is -2.96. The van der Waals surface area contributed by atoms with Crippen molar-refractivity contribution < 1.29 is 43.0 Å². The standard InChI is InChI=1S/C30H31N2O2S2.ClHO4/c1-4-31-23-13-6-8-15-25(23)35-27(31)19-17-21-11-10-12-22(29(21)30(33)34-3)18-20-28-32(5-2)24-14-7-9-16-26(24)36-28;2-1(3,4)5/h6-9,13-20H,4-5,10-12H2,1-3H3;(H,2,3,4,5)/q+1;/p-1. The van der Waals surface area contributed by atoms with Gasteiger partial charge in [-0.1, -0.05) is 59.5 Å². The summed E-state index contributed by atoms with van der Waals surface area (Å²) in [5.74, 6) is -0.256. The Kier molecular flexibility index (Phi) is 10.4. The lowest BCUT2D eigenvalue weighted by Gasteiger charge is -2.20. The molecule has 1 aliphatic heterocycles. The van der Waals surface area contributed by atoms with Crippen LogP contribution in [0.25, 0.3) is 16.3 Å². The molecule has 8 nitrogen and oxygen atoms in total. The lowest BCUT2D eigenvalue weighted by molar-refractivity contribution is -2.00. The number of benzene rings is 2. The Balaban J connectivity index is 0.000000714. The number of para-hydroxylation sites is 2. The topological polar surface area (TPSA) is 126 Å². The van der Waals surface area contributed by atoms with Gasteiger partial charge >= 0.3 is 5.97 Å². The molecule has 2 aliphatic rings. The van der Waals surface area contributed by atoms with Gasteiger partial charge in [-0.3, -0.25) is 0 Å². The van der Waals surface area contributed by atoms with Crippen molar-refractivity contribution in [2.75, 3.05) is 18.6 Å². The minimum Gasteiger partial charge on any atom is -0.465 e. The molecule has 3 aromatic rings. The molecular formula is C30H31ClN2O6S2. The van der Waals surface area contributed by atoms with Crippen molar-refractivity contribution in [3.63, 3.8) is 0 Å². The third-order valence-corrected chi connectivity index (χ3v) is 8.95. The van der Waals surface area contributed by atoms with Crippen LogP contribution in [0.2, 0.25) is 0 Å². The van der Waals surface area contributed by atoms with E-state index in [0.717, 1.165) is 43.5 Å². The van der Waals surface area contributed by atoms with Gasteiger partial charge in [-0.05, 0) is 68.5 Å². The van der Waals surface area contributed by atoms with E-state index >= 15 is 0 Å². The van der Waals surface area contributed by atoms with Crippen molar-refractivity contribution in [3.05, 3.63) is 93.5 Å². The maximum atomic E-state index is 13.0. The number of ether oxygens (including phenoxy) is 1. The zero-order valence-corrected chi connectivity index (χ0v) is 25.4. The van der Waals surface area contributed by atoms with Crippen molar-refractivity contribution >= 4 is 51.0 Å². The monoisotopic (exact) mass is 614 g/mol. The Bertz CT molecular complexity index is 1530. The first-order chi connectivity index (χ1) is 19.6. The molecule has 1 aliphatic carbocycles. The first kappa shape index (κ1) is 31.0. The molecule has 216 valence electrons. The normalized spacial score (nSPS) is 17.4. The van der Waals surface area contributed by atoms with Crippen LogP contribution in [-0.2, 0) is 16.1 Å². The number of halogens is 1. The maximum absolute atomic E-state index is 13.0. The maximum Gasteiger partial charge on any atom is 0.338 e. The van der Waals surface area contributed by atoms with Gasteiger partial charge in [0.2, 0.25) is 5.52 Å². The van der Waals surface area contributed by atoms with Crippen LogP contribution in [0, 0.1) is 10.2 Å². The average Bonchev–Trinajstić information content (AvgIpc) is 3.50. The van der Waals surface area contributed by atoms with Gasteiger partial charge in [-0.15, -0.1) is 10.2 Å². The van der Waals surface area contributed by atoms with Crippen LogP contribution in [0.3, 0.4) is 0 Å². The van der Waals surface area contributed by atoms with Crippen LogP contribution in [-0.4, -0.2) is 19.6 Å². The van der Waals surface area contributed by atoms with Gasteiger partial charge in [0.25, 0.3) is 5.01 Å². The first-order valence-corrected chi connectivity index (χ1v) is 16.0. The zero-order chi connectivity index (χ0) is 29.6. The van der Waals surface area contributed by atoms with Crippen molar-refractivity contribution in [2.24, 2.45) is 0 Å². The van der Waals surface area contributed by atoms with Gasteiger partial charge in [-0.2, -0.15) is 4.57 Å². The quantitative estimate of drug-likeness (QED) is 0.306. The molecule has 0 saturated heterocycles. The molecule has 0 N–H and O–H groups in total. The summed E-state index contributed by atoms with van der Waals surface area (Å²) in [6, 6.07) is 17.0. The number of thioether (sulfide) groups is 1. The van der Waals surface area contributed by atoms with Crippen molar-refractivity contribution in [3.8, 4) is 0 Å². The molecule has 0 unspecified atom stereocenters. The third-order valence-electron chi connectivity index (χ3n) is 6.68. The number of carbonyl (C=O) groups excluding carboxylic acids is 1. The third kappa shape index (κ3) is 7.66. The van der Waals surface area contributed by atoms with Crippen molar-refractivity contribution in [1.29, 1.82) is 0 Å². The van der Waals surface area contributed by atoms with E-state index in [0.29, 0.717) is 5.57 Å². The molecule has 0 spiro atoms. The molecule has 1 aromatic heterocycles. The van der Waals surface area contributed by atoms with Crippen molar-refractivity contribution in [1.82, 2.24) is 0 Å². The number of hydrogen-bond acceptors (Lipinski definition) is 9. The van der Waals surface area contributed by atoms with E-state index in [2.05, 4.69) is 96.1 Å². The van der Waals surface area contributed by atoms with Gasteiger partial charge < -0.3 is 9.64 Å². The molecule has 0 radical (unpaired) electrons. The van der Waals surface area contributed by atoms with E-state index in [1.807, 2.05) is 0 Å². The summed E-state index contributed by atoms with van der Waals surface area (Å²) >= 11 is 3.56. The van der Waals surface area contributed by atoms with Crippen LogP contribution in [0.5, 0.6) is 0 Å². The van der Waals surface area contributed by atoms with Crippen LogP contribution in [0.15, 0.2) is 93.4 Å². The number of allylic oxidation sites excluding steroid dienone is 4. The van der Waals surface area contributed by atoms with Crippen LogP contribution in [0.1, 0.15) is 38.1 Å². The molecule has 5 rings (SSSR count). The summed E-state index contributed by atoms with van der Waals surface area (Å²) in [5, 5.41) is 2.37. The summed E-state index contributed by atoms with van der Waals surface area (Å²) in [6.45, 7) is 6.14. The number of esters is 1. The summed E-state index contributed by atoms with van der Waals surface area (Å²) in [7, 11) is -3.47. The predicted octanol–water partition coefficient (Wildman–Crippen LogP) is 2.52. The molecule has 11 heteroatoms. The van der Waals surface area contributed by atoms with Crippen LogP contribution >= 0.6 is 23.1 Å². The number of aromatic nitrogens is 1. The largest absolute Gasteiger partial charge is 0.465 e. The molecule has 2 aromatic carbocycles. The smallest absolute Gasteiger partial charge is 0.338 e. The fourth-order valence-electron chi connectivity index (χ4n) is 4.97. The molecule has 0 atom stereocenters. The van der Waals surface area contributed by atoms with Crippen LogP contribution in [0.4, 0.5) is 5.69 Å². The van der Waals surface area contributed by atoms with E-state index in [-0.39, 0.29) is 5.97 Å². The van der Waals surface area contributed by atoms with E-state index in [1.165, 1.54) is 37.9 Å². The Morgan fingerprint density at radius 3 is 2.44 bits per heavy atom. The van der Waals surface area contributed by atoms with Gasteiger partial charge in [0.15, 0.2) is 0 Å². The van der Waals surface area contributed by atoms with Crippen LogP contribution < -0.4 is 28.1 Å². The minimum atomic E-state index is -4.94. The summed E-state index contributed by atoms with van der Waals surface area (Å²) in [5.41, 5.74) is 5.31. The number of carbonyl (C=O) groups is 1. The van der Waals surface area contributed by atoms with Gasteiger partial charge in [0.1, 0.15) is 11.2 Å². The number of rotatable bonds is 6. The van der Waals surface area contributed by atoms with E-state index in [4.69, 9.17) is 23.4 Å². The second-order valence-electron chi connectivity index (χ2n) is 9.12. The summed E-state index contributed by atoms with van der Waals surface area (Å²) in [6.07, 6.45) is 11.3. The average molecular weight is 615 g/mol. The fourth-order valence-corrected chi connectivity index (χ4v) is 7.23. The predicted molar refractivity (Wildman–Crippen MR) is 151 cm³/mol. The molecule has 0 fully saturated rings. The minimum absolute atomic E-state index is 0.256. The Labute approximate surface area is 249 Å². The first-order valence-electron chi connectivity index (χ1n) is 13.1. The number of hydrogen-bond donors (Lipinski definition) is 0. The van der Waals surface area contributed by atoms with Gasteiger partial charge in [-0.25, -0.2) is 23.4 Å². The lowest BCUT2D eigenvalue weighted by Crippen LogP contribution is -2.68.